The van der Waals surface area contributed by atoms with Gasteiger partial charge in [0.2, 0.25) is 0 Å². The number of hydrogen-bond acceptors (Lipinski definition) is 2. The predicted octanol–water partition coefficient (Wildman–Crippen LogP) is 6.24. The second-order valence-corrected chi connectivity index (χ2v) is 6.45. The van der Waals surface area contributed by atoms with Gasteiger partial charge in [0, 0.05) is 22.5 Å². The van der Waals surface area contributed by atoms with Gasteiger partial charge in [0.25, 0.3) is 0 Å². The Labute approximate surface area is 151 Å². The first kappa shape index (κ1) is 14.9. The fraction of sp³-hybridized carbons (Fsp3) is 0.0417. The van der Waals surface area contributed by atoms with Gasteiger partial charge in [0.05, 0.1) is 5.69 Å². The number of fused-ring (bicyclic) bond motifs is 3. The maximum Gasteiger partial charge on any atom is 0.144 e. The Morgan fingerprint density at radius 3 is 2.42 bits per heavy atom. The second kappa shape index (κ2) is 6.16. The smallest absolute Gasteiger partial charge is 0.144 e. The van der Waals surface area contributed by atoms with Gasteiger partial charge in [-0.05, 0) is 41.8 Å². The molecule has 0 saturated heterocycles. The predicted molar refractivity (Wildman–Crippen MR) is 106 cm³/mol. The topological polar surface area (TPSA) is 26.0 Å². The fourth-order valence-corrected chi connectivity index (χ4v) is 3.61. The van der Waals surface area contributed by atoms with Crippen LogP contribution < -0.4 is 0 Å². The van der Waals surface area contributed by atoms with Gasteiger partial charge in [-0.25, -0.2) is 0 Å². The first-order chi connectivity index (χ1) is 12.9. The van der Waals surface area contributed by atoms with Crippen molar-refractivity contribution in [3.63, 3.8) is 0 Å². The van der Waals surface area contributed by atoms with Crippen LogP contribution in [0.3, 0.4) is 0 Å². The maximum absolute atomic E-state index is 6.28. The lowest BCUT2D eigenvalue weighted by atomic mass is 9.98. The lowest BCUT2D eigenvalue weighted by Gasteiger charge is -2.04. The Balaban J connectivity index is 1.75. The number of nitrogens with zero attached hydrogens (tertiary/aromatic N) is 1. The molecule has 0 spiro atoms. The molecule has 0 N–H and O–H groups in total. The van der Waals surface area contributed by atoms with Crippen molar-refractivity contribution < 1.29 is 4.42 Å². The molecule has 5 aromatic rings. The summed E-state index contributed by atoms with van der Waals surface area (Å²) in [5.74, 6) is 0. The molecule has 3 aromatic carbocycles. The van der Waals surface area contributed by atoms with Crippen molar-refractivity contribution in [3.8, 4) is 11.3 Å². The van der Waals surface area contributed by atoms with Gasteiger partial charge in [-0.15, -0.1) is 0 Å². The molecule has 0 aliphatic carbocycles. The van der Waals surface area contributed by atoms with Gasteiger partial charge in [0.15, 0.2) is 0 Å². The quantitative estimate of drug-likeness (QED) is 0.390. The minimum Gasteiger partial charge on any atom is -0.455 e. The standard InChI is InChI=1S/C24H17NO/c1-2-8-17(9-3-1)16-18-10-6-14-22-23(18)20-12-7-11-19(24(20)26-22)21-13-4-5-15-25-21/h1-15H,16H2. The van der Waals surface area contributed by atoms with E-state index in [1.54, 1.807) is 0 Å². The van der Waals surface area contributed by atoms with Gasteiger partial charge in [-0.2, -0.15) is 0 Å². The molecule has 0 unspecified atom stereocenters. The fourth-order valence-electron chi connectivity index (χ4n) is 3.61. The van der Waals surface area contributed by atoms with E-state index in [1.165, 1.54) is 16.5 Å². The van der Waals surface area contributed by atoms with Gasteiger partial charge in [-0.1, -0.05) is 60.7 Å². The Bertz CT molecular complexity index is 1190. The van der Waals surface area contributed by atoms with Crippen LogP contribution in [0.2, 0.25) is 0 Å². The summed E-state index contributed by atoms with van der Waals surface area (Å²) in [4.78, 5) is 4.50. The molecule has 0 radical (unpaired) electrons. The molecule has 0 atom stereocenters. The molecule has 0 fully saturated rings. The van der Waals surface area contributed by atoms with Gasteiger partial charge in [0.1, 0.15) is 11.2 Å². The minimum absolute atomic E-state index is 0.890. The van der Waals surface area contributed by atoms with Crippen molar-refractivity contribution in [1.29, 1.82) is 0 Å². The van der Waals surface area contributed by atoms with Crippen molar-refractivity contribution in [3.05, 3.63) is 102 Å². The molecule has 0 aliphatic rings. The molecular formula is C24H17NO. The first-order valence-corrected chi connectivity index (χ1v) is 8.78. The highest BCUT2D eigenvalue weighted by atomic mass is 16.3. The molecule has 2 heteroatoms. The molecule has 124 valence electrons. The third kappa shape index (κ3) is 2.47. The third-order valence-corrected chi connectivity index (χ3v) is 4.79. The van der Waals surface area contributed by atoms with E-state index in [0.29, 0.717) is 0 Å². The Kier molecular flexibility index (Phi) is 3.53. The summed E-state index contributed by atoms with van der Waals surface area (Å²) in [5, 5.41) is 2.35. The minimum atomic E-state index is 0.890. The summed E-state index contributed by atoms with van der Waals surface area (Å²) in [6.07, 6.45) is 2.71. The lowest BCUT2D eigenvalue weighted by molar-refractivity contribution is 0.669. The second-order valence-electron chi connectivity index (χ2n) is 6.45. The van der Waals surface area contributed by atoms with Crippen molar-refractivity contribution in [1.82, 2.24) is 4.98 Å². The molecule has 26 heavy (non-hydrogen) atoms. The van der Waals surface area contributed by atoms with Crippen LogP contribution >= 0.6 is 0 Å². The molecular weight excluding hydrogens is 318 g/mol. The van der Waals surface area contributed by atoms with Crippen LogP contribution in [0.25, 0.3) is 33.2 Å². The Morgan fingerprint density at radius 2 is 1.58 bits per heavy atom. The largest absolute Gasteiger partial charge is 0.455 e. The van der Waals surface area contributed by atoms with Crippen LogP contribution in [-0.2, 0) is 6.42 Å². The molecule has 2 nitrogen and oxygen atoms in total. The molecule has 5 rings (SSSR count). The summed E-state index contributed by atoms with van der Waals surface area (Å²) in [6, 6.07) is 29.1. The van der Waals surface area contributed by atoms with Crippen LogP contribution in [0.5, 0.6) is 0 Å². The summed E-state index contributed by atoms with van der Waals surface area (Å²) in [7, 11) is 0. The van der Waals surface area contributed by atoms with E-state index in [2.05, 4.69) is 65.6 Å². The van der Waals surface area contributed by atoms with Crippen LogP contribution in [0, 0.1) is 0 Å². The molecule has 0 aliphatic heterocycles. The van der Waals surface area contributed by atoms with Crippen molar-refractivity contribution in [2.45, 2.75) is 6.42 Å². The summed E-state index contributed by atoms with van der Waals surface area (Å²) >= 11 is 0. The van der Waals surface area contributed by atoms with Gasteiger partial charge < -0.3 is 4.42 Å². The first-order valence-electron chi connectivity index (χ1n) is 8.78. The van der Waals surface area contributed by atoms with Crippen LogP contribution in [-0.4, -0.2) is 4.98 Å². The van der Waals surface area contributed by atoms with Crippen molar-refractivity contribution in [2.24, 2.45) is 0 Å². The number of benzene rings is 3. The van der Waals surface area contributed by atoms with Crippen LogP contribution in [0.1, 0.15) is 11.1 Å². The van der Waals surface area contributed by atoms with E-state index >= 15 is 0 Å². The molecule has 0 amide bonds. The van der Waals surface area contributed by atoms with E-state index in [-0.39, 0.29) is 0 Å². The van der Waals surface area contributed by atoms with Crippen LogP contribution in [0.4, 0.5) is 0 Å². The highest BCUT2D eigenvalue weighted by Gasteiger charge is 2.15. The Morgan fingerprint density at radius 1 is 0.731 bits per heavy atom. The van der Waals surface area contributed by atoms with Crippen molar-refractivity contribution >= 4 is 21.9 Å². The van der Waals surface area contributed by atoms with E-state index < -0.39 is 0 Å². The molecule has 0 saturated carbocycles. The average molecular weight is 335 g/mol. The number of aromatic nitrogens is 1. The number of rotatable bonds is 3. The summed E-state index contributed by atoms with van der Waals surface area (Å²) in [6.45, 7) is 0. The normalized spacial score (nSPS) is 11.2. The van der Waals surface area contributed by atoms with Gasteiger partial charge in [-0.3, -0.25) is 4.98 Å². The average Bonchev–Trinajstić information content (AvgIpc) is 3.09. The lowest BCUT2D eigenvalue weighted by Crippen LogP contribution is -1.88. The van der Waals surface area contributed by atoms with Crippen molar-refractivity contribution in [2.75, 3.05) is 0 Å². The maximum atomic E-state index is 6.28. The Hall–Kier alpha value is -3.39. The van der Waals surface area contributed by atoms with Crippen LogP contribution in [0.15, 0.2) is 95.5 Å². The number of pyridine rings is 1. The highest BCUT2D eigenvalue weighted by molar-refractivity contribution is 6.10. The SMILES string of the molecule is c1ccc(Cc2cccc3oc4c(-c5ccccn5)cccc4c23)cc1. The van der Waals surface area contributed by atoms with E-state index in [0.717, 1.165) is 34.2 Å². The highest BCUT2D eigenvalue weighted by Crippen LogP contribution is 2.37. The summed E-state index contributed by atoms with van der Waals surface area (Å²) in [5.41, 5.74) is 6.38. The molecule has 2 heterocycles. The zero-order chi connectivity index (χ0) is 17.3. The van der Waals surface area contributed by atoms with E-state index in [4.69, 9.17) is 4.42 Å². The third-order valence-electron chi connectivity index (χ3n) is 4.79. The molecule has 2 aromatic heterocycles. The van der Waals surface area contributed by atoms with E-state index in [1.807, 2.05) is 30.5 Å². The number of para-hydroxylation sites is 1. The zero-order valence-corrected chi connectivity index (χ0v) is 14.2. The number of hydrogen-bond donors (Lipinski definition) is 0. The van der Waals surface area contributed by atoms with E-state index in [9.17, 15) is 0 Å². The summed E-state index contributed by atoms with van der Waals surface area (Å²) < 4.78 is 6.28. The molecule has 0 bridgehead atoms. The number of furan rings is 1. The van der Waals surface area contributed by atoms with Gasteiger partial charge >= 0.3 is 0 Å². The zero-order valence-electron chi connectivity index (χ0n) is 14.2. The monoisotopic (exact) mass is 335 g/mol.